The maximum absolute atomic E-state index is 11.3. The standard InChI is InChI=1S/C10H14ClNO2S/c1-7(13)5-12-10(14)3-2-9-4-8(11)6-15-9/h4,6-7,13H,2-3,5H2,1H3,(H,12,14). The van der Waals surface area contributed by atoms with Crippen molar-refractivity contribution in [2.45, 2.75) is 25.9 Å². The molecule has 1 unspecified atom stereocenters. The number of aryl methyl sites for hydroxylation is 1. The highest BCUT2D eigenvalue weighted by molar-refractivity contribution is 7.10. The maximum Gasteiger partial charge on any atom is 0.220 e. The van der Waals surface area contributed by atoms with Crippen LogP contribution in [0.1, 0.15) is 18.2 Å². The Morgan fingerprint density at radius 3 is 3.00 bits per heavy atom. The van der Waals surface area contributed by atoms with E-state index in [2.05, 4.69) is 5.32 Å². The van der Waals surface area contributed by atoms with E-state index >= 15 is 0 Å². The fourth-order valence-electron chi connectivity index (χ4n) is 1.07. The van der Waals surface area contributed by atoms with E-state index in [4.69, 9.17) is 16.7 Å². The summed E-state index contributed by atoms with van der Waals surface area (Å²) in [5, 5.41) is 14.2. The summed E-state index contributed by atoms with van der Waals surface area (Å²) in [6.45, 7) is 1.95. The quantitative estimate of drug-likeness (QED) is 0.834. The monoisotopic (exact) mass is 247 g/mol. The summed E-state index contributed by atoms with van der Waals surface area (Å²) in [7, 11) is 0. The van der Waals surface area contributed by atoms with Crippen LogP contribution in [-0.2, 0) is 11.2 Å². The van der Waals surface area contributed by atoms with Gasteiger partial charge in [-0.3, -0.25) is 4.79 Å². The van der Waals surface area contributed by atoms with Crippen LogP contribution in [0, 0.1) is 0 Å². The number of hydrogen-bond acceptors (Lipinski definition) is 3. The maximum atomic E-state index is 11.3. The Bertz CT molecular complexity index is 325. The molecule has 3 nitrogen and oxygen atoms in total. The molecule has 1 atom stereocenters. The smallest absolute Gasteiger partial charge is 0.220 e. The molecule has 1 aromatic heterocycles. The topological polar surface area (TPSA) is 49.3 Å². The molecule has 2 N–H and O–H groups in total. The van der Waals surface area contributed by atoms with Crippen LogP contribution >= 0.6 is 22.9 Å². The lowest BCUT2D eigenvalue weighted by molar-refractivity contribution is -0.121. The number of halogens is 1. The van der Waals surface area contributed by atoms with Gasteiger partial charge in [0.25, 0.3) is 0 Å². The fraction of sp³-hybridized carbons (Fsp3) is 0.500. The van der Waals surface area contributed by atoms with Gasteiger partial charge >= 0.3 is 0 Å². The van der Waals surface area contributed by atoms with Crippen LogP contribution < -0.4 is 5.32 Å². The number of nitrogens with one attached hydrogen (secondary N) is 1. The first kappa shape index (κ1) is 12.5. The second-order valence-electron chi connectivity index (χ2n) is 3.38. The van der Waals surface area contributed by atoms with Gasteiger partial charge in [0, 0.05) is 23.2 Å². The number of aliphatic hydroxyl groups excluding tert-OH is 1. The zero-order valence-electron chi connectivity index (χ0n) is 8.50. The third kappa shape index (κ3) is 5.16. The molecule has 0 saturated carbocycles. The molecule has 1 rings (SSSR count). The minimum absolute atomic E-state index is 0.0413. The fourth-order valence-corrected chi connectivity index (χ4v) is 2.15. The average molecular weight is 248 g/mol. The normalized spacial score (nSPS) is 12.5. The number of rotatable bonds is 5. The Morgan fingerprint density at radius 2 is 2.47 bits per heavy atom. The van der Waals surface area contributed by atoms with Crippen molar-refractivity contribution in [3.63, 3.8) is 0 Å². The van der Waals surface area contributed by atoms with E-state index in [0.29, 0.717) is 19.4 Å². The van der Waals surface area contributed by atoms with Gasteiger partial charge in [0.1, 0.15) is 0 Å². The van der Waals surface area contributed by atoms with Gasteiger partial charge in [0.15, 0.2) is 0 Å². The van der Waals surface area contributed by atoms with Gasteiger partial charge < -0.3 is 10.4 Å². The van der Waals surface area contributed by atoms with Gasteiger partial charge in [-0.1, -0.05) is 11.6 Å². The molecule has 5 heteroatoms. The predicted molar refractivity (Wildman–Crippen MR) is 62.3 cm³/mol. The lowest BCUT2D eigenvalue weighted by Gasteiger charge is -2.06. The minimum atomic E-state index is -0.495. The zero-order chi connectivity index (χ0) is 11.3. The molecule has 0 spiro atoms. The first-order valence-corrected chi connectivity index (χ1v) is 6.01. The Balaban J connectivity index is 2.22. The molecule has 0 bridgehead atoms. The highest BCUT2D eigenvalue weighted by atomic mass is 35.5. The molecule has 0 radical (unpaired) electrons. The van der Waals surface area contributed by atoms with Gasteiger partial charge in [0.2, 0.25) is 5.91 Å². The van der Waals surface area contributed by atoms with Crippen LogP contribution in [-0.4, -0.2) is 23.7 Å². The predicted octanol–water partition coefficient (Wildman–Crippen LogP) is 1.83. The summed E-state index contributed by atoms with van der Waals surface area (Å²) in [6.07, 6.45) is 0.636. The molecule has 0 aliphatic heterocycles. The Morgan fingerprint density at radius 1 is 1.73 bits per heavy atom. The molecule has 0 fully saturated rings. The van der Waals surface area contributed by atoms with Crippen LogP contribution in [0.25, 0.3) is 0 Å². The summed E-state index contributed by atoms with van der Waals surface area (Å²) in [5.74, 6) is -0.0413. The number of aliphatic hydroxyl groups is 1. The lowest BCUT2D eigenvalue weighted by atomic mass is 10.2. The van der Waals surface area contributed by atoms with Gasteiger partial charge in [-0.25, -0.2) is 0 Å². The van der Waals surface area contributed by atoms with Gasteiger partial charge in [-0.15, -0.1) is 11.3 Å². The van der Waals surface area contributed by atoms with E-state index in [1.54, 1.807) is 18.3 Å². The summed E-state index contributed by atoms with van der Waals surface area (Å²) >= 11 is 7.31. The summed E-state index contributed by atoms with van der Waals surface area (Å²) in [6, 6.07) is 1.87. The van der Waals surface area contributed by atoms with E-state index in [9.17, 15) is 4.79 Å². The van der Waals surface area contributed by atoms with Crippen molar-refractivity contribution < 1.29 is 9.90 Å². The van der Waals surface area contributed by atoms with Gasteiger partial charge in [-0.05, 0) is 19.4 Å². The van der Waals surface area contributed by atoms with Gasteiger partial charge in [0.05, 0.1) is 11.1 Å². The molecule has 1 aromatic rings. The number of carbonyl (C=O) groups is 1. The van der Waals surface area contributed by atoms with Crippen LogP contribution in [0.15, 0.2) is 11.4 Å². The second-order valence-corrected chi connectivity index (χ2v) is 4.82. The third-order valence-electron chi connectivity index (χ3n) is 1.81. The molecule has 1 heterocycles. The molecule has 15 heavy (non-hydrogen) atoms. The third-order valence-corrected chi connectivity index (χ3v) is 3.16. The molecule has 0 aliphatic carbocycles. The molecule has 0 aliphatic rings. The van der Waals surface area contributed by atoms with Crippen LogP contribution in [0.4, 0.5) is 0 Å². The summed E-state index contributed by atoms with van der Waals surface area (Å²) in [4.78, 5) is 12.4. The summed E-state index contributed by atoms with van der Waals surface area (Å²) < 4.78 is 0. The highest BCUT2D eigenvalue weighted by Gasteiger charge is 2.04. The van der Waals surface area contributed by atoms with Crippen molar-refractivity contribution >= 4 is 28.8 Å². The van der Waals surface area contributed by atoms with E-state index in [1.807, 2.05) is 11.4 Å². The minimum Gasteiger partial charge on any atom is -0.392 e. The highest BCUT2D eigenvalue weighted by Crippen LogP contribution is 2.20. The molecular weight excluding hydrogens is 234 g/mol. The van der Waals surface area contributed by atoms with Crippen molar-refractivity contribution in [3.8, 4) is 0 Å². The molecule has 0 aromatic carbocycles. The Hall–Kier alpha value is -0.580. The number of carbonyl (C=O) groups excluding carboxylic acids is 1. The number of thiophene rings is 1. The van der Waals surface area contributed by atoms with E-state index in [-0.39, 0.29) is 5.91 Å². The van der Waals surface area contributed by atoms with E-state index in [0.717, 1.165) is 9.90 Å². The van der Waals surface area contributed by atoms with Gasteiger partial charge in [-0.2, -0.15) is 0 Å². The van der Waals surface area contributed by atoms with E-state index in [1.165, 1.54) is 0 Å². The first-order chi connectivity index (χ1) is 7.08. The zero-order valence-corrected chi connectivity index (χ0v) is 10.1. The molecule has 1 amide bonds. The van der Waals surface area contributed by atoms with Crippen LogP contribution in [0.5, 0.6) is 0 Å². The van der Waals surface area contributed by atoms with Crippen LogP contribution in [0.3, 0.4) is 0 Å². The first-order valence-electron chi connectivity index (χ1n) is 4.75. The second kappa shape index (κ2) is 6.10. The lowest BCUT2D eigenvalue weighted by Crippen LogP contribution is -2.30. The SMILES string of the molecule is CC(O)CNC(=O)CCc1cc(Cl)cs1. The Kier molecular flexibility index (Phi) is 5.08. The van der Waals surface area contributed by atoms with Crippen molar-refractivity contribution in [1.29, 1.82) is 0 Å². The number of hydrogen-bond donors (Lipinski definition) is 2. The van der Waals surface area contributed by atoms with Crippen molar-refractivity contribution in [3.05, 3.63) is 21.3 Å². The number of amides is 1. The van der Waals surface area contributed by atoms with E-state index < -0.39 is 6.10 Å². The Labute approximate surface area is 98.1 Å². The van der Waals surface area contributed by atoms with Crippen molar-refractivity contribution in [2.75, 3.05) is 6.54 Å². The van der Waals surface area contributed by atoms with Crippen LogP contribution in [0.2, 0.25) is 5.02 Å². The van der Waals surface area contributed by atoms with Crippen molar-refractivity contribution in [2.24, 2.45) is 0 Å². The molecule has 0 saturated heterocycles. The molecule has 84 valence electrons. The molecular formula is C10H14ClNO2S. The van der Waals surface area contributed by atoms with Crippen molar-refractivity contribution in [1.82, 2.24) is 5.32 Å². The summed E-state index contributed by atoms with van der Waals surface area (Å²) in [5.41, 5.74) is 0. The average Bonchev–Trinajstić information content (AvgIpc) is 2.58. The largest absolute Gasteiger partial charge is 0.392 e.